The quantitative estimate of drug-likeness (QED) is 0.581. The number of rotatable bonds is 8. The van der Waals surface area contributed by atoms with Crippen molar-refractivity contribution < 1.29 is 24.0 Å². The largest absolute Gasteiger partial charge is 0.616 e. The Labute approximate surface area is 133 Å². The number of carbonyl (C=O) groups is 2. The number of carbonyl (C=O) groups excluding carboxylic acids is 1. The number of esters is 1. The SMILES string of the molecule is CC[S+]([O-])CC[C@@H](C(=O)OC)N(Cc1ccccc1)C(=O)O. The third kappa shape index (κ3) is 5.57. The number of hydrogen-bond donors (Lipinski definition) is 1. The molecule has 0 aliphatic rings. The lowest BCUT2D eigenvalue weighted by Crippen LogP contribution is -2.45. The van der Waals surface area contributed by atoms with Crippen LogP contribution in [-0.4, -0.2) is 51.3 Å². The van der Waals surface area contributed by atoms with Crippen LogP contribution in [0, 0.1) is 0 Å². The van der Waals surface area contributed by atoms with Crippen molar-refractivity contribution in [3.8, 4) is 0 Å². The molecule has 0 fully saturated rings. The highest BCUT2D eigenvalue weighted by molar-refractivity contribution is 7.91. The molecule has 0 aliphatic carbocycles. The Morgan fingerprint density at radius 3 is 2.50 bits per heavy atom. The van der Waals surface area contributed by atoms with Crippen LogP contribution in [-0.2, 0) is 27.3 Å². The molecule has 1 aromatic carbocycles. The lowest BCUT2D eigenvalue weighted by atomic mass is 10.1. The maximum Gasteiger partial charge on any atom is 0.408 e. The molecule has 22 heavy (non-hydrogen) atoms. The summed E-state index contributed by atoms with van der Waals surface area (Å²) in [5, 5.41) is 9.41. The molecule has 0 spiro atoms. The van der Waals surface area contributed by atoms with E-state index in [9.17, 15) is 19.2 Å². The van der Waals surface area contributed by atoms with Crippen molar-refractivity contribution in [2.45, 2.75) is 25.9 Å². The van der Waals surface area contributed by atoms with Crippen LogP contribution in [0.25, 0.3) is 0 Å². The lowest BCUT2D eigenvalue weighted by molar-refractivity contribution is -0.146. The molecule has 1 unspecified atom stereocenters. The zero-order valence-electron chi connectivity index (χ0n) is 12.7. The van der Waals surface area contributed by atoms with Crippen LogP contribution in [0.15, 0.2) is 30.3 Å². The van der Waals surface area contributed by atoms with Gasteiger partial charge in [0.15, 0.2) is 0 Å². The highest BCUT2D eigenvalue weighted by Gasteiger charge is 2.31. The molecular weight excluding hydrogens is 306 g/mol. The fourth-order valence-corrected chi connectivity index (χ4v) is 2.79. The van der Waals surface area contributed by atoms with Gasteiger partial charge in [-0.1, -0.05) is 41.5 Å². The van der Waals surface area contributed by atoms with E-state index in [-0.39, 0.29) is 18.7 Å². The third-order valence-corrected chi connectivity index (χ3v) is 4.57. The Bertz CT molecular complexity index is 482. The van der Waals surface area contributed by atoms with Gasteiger partial charge in [0.2, 0.25) is 0 Å². The van der Waals surface area contributed by atoms with E-state index in [1.165, 1.54) is 7.11 Å². The average Bonchev–Trinajstić information content (AvgIpc) is 2.53. The maximum absolute atomic E-state index is 11.9. The molecule has 6 nitrogen and oxygen atoms in total. The Hall–Kier alpha value is -1.73. The van der Waals surface area contributed by atoms with Crippen LogP contribution in [0.5, 0.6) is 0 Å². The van der Waals surface area contributed by atoms with E-state index in [1.807, 2.05) is 6.07 Å². The third-order valence-electron chi connectivity index (χ3n) is 3.23. The summed E-state index contributed by atoms with van der Waals surface area (Å²) in [6, 6.07) is 8.04. The van der Waals surface area contributed by atoms with Crippen LogP contribution in [0.1, 0.15) is 18.9 Å². The van der Waals surface area contributed by atoms with Gasteiger partial charge in [-0.3, -0.25) is 4.90 Å². The van der Waals surface area contributed by atoms with E-state index in [4.69, 9.17) is 4.74 Å². The Morgan fingerprint density at radius 1 is 1.36 bits per heavy atom. The van der Waals surface area contributed by atoms with Crippen LogP contribution < -0.4 is 0 Å². The van der Waals surface area contributed by atoms with Crippen LogP contribution in [0.2, 0.25) is 0 Å². The summed E-state index contributed by atoms with van der Waals surface area (Å²) in [6.07, 6.45) is -1.03. The molecule has 0 radical (unpaired) electrons. The van der Waals surface area contributed by atoms with Crippen molar-refractivity contribution in [3.63, 3.8) is 0 Å². The van der Waals surface area contributed by atoms with Crippen molar-refractivity contribution in [2.24, 2.45) is 0 Å². The molecule has 0 aromatic heterocycles. The molecule has 1 N–H and O–H groups in total. The van der Waals surface area contributed by atoms with Gasteiger partial charge in [-0.05, 0) is 12.5 Å². The standard InChI is InChI=1S/C15H21NO5S/c1-3-22(20)10-9-13(14(17)21-2)16(15(18)19)11-12-7-5-4-6-8-12/h4-8,13H,3,9-11H2,1-2H3,(H,18,19)/t13-,22?/m0/s1. The number of amides is 1. The van der Waals surface area contributed by atoms with Crippen molar-refractivity contribution in [1.29, 1.82) is 0 Å². The summed E-state index contributed by atoms with van der Waals surface area (Å²) in [7, 11) is 1.22. The van der Waals surface area contributed by atoms with E-state index in [0.717, 1.165) is 10.5 Å². The van der Waals surface area contributed by atoms with Gasteiger partial charge < -0.3 is 14.4 Å². The smallest absolute Gasteiger partial charge is 0.408 e. The average molecular weight is 327 g/mol. The number of methoxy groups -OCH3 is 1. The van der Waals surface area contributed by atoms with Gasteiger partial charge in [0.1, 0.15) is 17.5 Å². The summed E-state index contributed by atoms with van der Waals surface area (Å²) < 4.78 is 16.3. The van der Waals surface area contributed by atoms with E-state index in [2.05, 4.69) is 0 Å². The zero-order chi connectivity index (χ0) is 16.5. The van der Waals surface area contributed by atoms with Gasteiger partial charge in [-0.2, -0.15) is 0 Å². The van der Waals surface area contributed by atoms with Crippen LogP contribution in [0.4, 0.5) is 4.79 Å². The minimum atomic E-state index is -1.21. The molecule has 0 saturated heterocycles. The zero-order valence-corrected chi connectivity index (χ0v) is 13.5. The van der Waals surface area contributed by atoms with Gasteiger partial charge in [0.25, 0.3) is 0 Å². The van der Waals surface area contributed by atoms with Crippen molar-refractivity contribution in [2.75, 3.05) is 18.6 Å². The summed E-state index contributed by atoms with van der Waals surface area (Å²) >= 11 is -1.07. The Balaban J connectivity index is 2.89. The minimum absolute atomic E-state index is 0.0781. The molecule has 0 saturated carbocycles. The van der Waals surface area contributed by atoms with Gasteiger partial charge in [0.05, 0.1) is 7.11 Å². The molecule has 0 heterocycles. The van der Waals surface area contributed by atoms with Crippen molar-refractivity contribution in [3.05, 3.63) is 35.9 Å². The Kier molecular flexibility index (Phi) is 7.76. The summed E-state index contributed by atoms with van der Waals surface area (Å²) in [5.41, 5.74) is 0.774. The highest BCUT2D eigenvalue weighted by atomic mass is 32.2. The van der Waals surface area contributed by atoms with E-state index >= 15 is 0 Å². The first kappa shape index (κ1) is 18.3. The molecule has 1 aromatic rings. The van der Waals surface area contributed by atoms with E-state index < -0.39 is 29.3 Å². The van der Waals surface area contributed by atoms with Crippen LogP contribution in [0.3, 0.4) is 0 Å². The molecule has 7 heteroatoms. The first-order valence-corrected chi connectivity index (χ1v) is 8.44. The fourth-order valence-electron chi connectivity index (χ4n) is 2.02. The van der Waals surface area contributed by atoms with Crippen molar-refractivity contribution in [1.82, 2.24) is 4.90 Å². The Morgan fingerprint density at radius 2 is 2.00 bits per heavy atom. The van der Waals surface area contributed by atoms with Gasteiger partial charge in [-0.15, -0.1) is 0 Å². The molecule has 1 rings (SSSR count). The maximum atomic E-state index is 11.9. The minimum Gasteiger partial charge on any atom is -0.616 e. The number of ether oxygens (including phenoxy) is 1. The van der Waals surface area contributed by atoms with Gasteiger partial charge >= 0.3 is 12.1 Å². The second-order valence-electron chi connectivity index (χ2n) is 4.66. The number of nitrogens with zero attached hydrogens (tertiary/aromatic N) is 1. The lowest BCUT2D eigenvalue weighted by Gasteiger charge is -2.27. The predicted molar refractivity (Wildman–Crippen MR) is 84.0 cm³/mol. The normalized spacial score (nSPS) is 13.2. The van der Waals surface area contributed by atoms with E-state index in [0.29, 0.717) is 5.75 Å². The summed E-state index contributed by atoms with van der Waals surface area (Å²) in [5.74, 6) is 0.0977. The molecule has 122 valence electrons. The predicted octanol–water partition coefficient (Wildman–Crippen LogP) is 1.87. The summed E-state index contributed by atoms with van der Waals surface area (Å²) in [6.45, 7) is 1.86. The molecule has 2 atom stereocenters. The number of hydrogen-bond acceptors (Lipinski definition) is 4. The second-order valence-corrected chi connectivity index (χ2v) is 6.52. The molecular formula is C15H21NO5S. The first-order chi connectivity index (χ1) is 10.5. The van der Waals surface area contributed by atoms with Crippen LogP contribution >= 0.6 is 0 Å². The van der Waals surface area contributed by atoms with Crippen molar-refractivity contribution >= 4 is 23.2 Å². The topological polar surface area (TPSA) is 89.9 Å². The van der Waals surface area contributed by atoms with Gasteiger partial charge in [0, 0.05) is 13.0 Å². The van der Waals surface area contributed by atoms with E-state index in [1.54, 1.807) is 31.2 Å². The van der Waals surface area contributed by atoms with Gasteiger partial charge in [-0.25, -0.2) is 9.59 Å². The number of carboxylic acid groups (broad SMARTS) is 1. The monoisotopic (exact) mass is 327 g/mol. The fraction of sp³-hybridized carbons (Fsp3) is 0.467. The first-order valence-electron chi connectivity index (χ1n) is 6.95. The number of benzene rings is 1. The molecule has 0 aliphatic heterocycles. The molecule has 1 amide bonds. The highest BCUT2D eigenvalue weighted by Crippen LogP contribution is 2.14. The second kappa shape index (κ2) is 9.32. The molecule has 0 bridgehead atoms. The summed E-state index contributed by atoms with van der Waals surface area (Å²) in [4.78, 5) is 24.5.